The van der Waals surface area contributed by atoms with Gasteiger partial charge >= 0.3 is 0 Å². The minimum Gasteiger partial charge on any atom is -0.483 e. The predicted molar refractivity (Wildman–Crippen MR) is 133 cm³/mol. The molecule has 6 heteroatoms. The number of hydrogen-bond donors (Lipinski definition) is 1. The van der Waals surface area contributed by atoms with Gasteiger partial charge in [-0.3, -0.25) is 9.59 Å². The Bertz CT molecular complexity index is 927. The summed E-state index contributed by atoms with van der Waals surface area (Å²) in [4.78, 5) is 27.8. The Balaban J connectivity index is 2.24. The molecular weight excluding hydrogens is 468 g/mol. The van der Waals surface area contributed by atoms with E-state index in [4.69, 9.17) is 4.74 Å². The lowest BCUT2D eigenvalue weighted by molar-refractivity contribution is -0.143. The van der Waals surface area contributed by atoms with Crippen LogP contribution in [0.3, 0.4) is 0 Å². The molecule has 0 heterocycles. The molecule has 32 heavy (non-hydrogen) atoms. The van der Waals surface area contributed by atoms with Crippen molar-refractivity contribution in [2.45, 2.75) is 72.5 Å². The number of nitrogens with one attached hydrogen (secondary N) is 1. The molecule has 0 aromatic heterocycles. The zero-order valence-electron chi connectivity index (χ0n) is 19.9. The summed E-state index contributed by atoms with van der Waals surface area (Å²) >= 11 is 3.54. The van der Waals surface area contributed by atoms with E-state index in [1.165, 1.54) is 5.56 Å². The molecule has 1 N–H and O–H groups in total. The molecule has 0 aliphatic heterocycles. The third kappa shape index (κ3) is 7.09. The molecule has 2 aromatic rings. The summed E-state index contributed by atoms with van der Waals surface area (Å²) < 4.78 is 6.68. The molecule has 0 spiro atoms. The number of hydrogen-bond acceptors (Lipinski definition) is 3. The van der Waals surface area contributed by atoms with Gasteiger partial charge in [0, 0.05) is 12.6 Å². The van der Waals surface area contributed by atoms with E-state index in [-0.39, 0.29) is 24.5 Å². The van der Waals surface area contributed by atoms with Gasteiger partial charge in [0.25, 0.3) is 5.91 Å². The quantitative estimate of drug-likeness (QED) is 0.460. The number of ether oxygens (including phenoxy) is 1. The molecule has 0 fully saturated rings. The molecule has 174 valence electrons. The van der Waals surface area contributed by atoms with Crippen LogP contribution in [0.5, 0.6) is 5.75 Å². The van der Waals surface area contributed by atoms with Crippen molar-refractivity contribution in [3.05, 3.63) is 63.6 Å². The van der Waals surface area contributed by atoms with E-state index in [2.05, 4.69) is 35.1 Å². The van der Waals surface area contributed by atoms with Gasteiger partial charge in [0.2, 0.25) is 5.91 Å². The first kappa shape index (κ1) is 25.9. The maximum absolute atomic E-state index is 13.3. The first-order chi connectivity index (χ1) is 15.1. The molecule has 2 rings (SSSR count). The second kappa shape index (κ2) is 12.0. The van der Waals surface area contributed by atoms with Crippen LogP contribution in [-0.4, -0.2) is 35.4 Å². The lowest BCUT2D eigenvalue weighted by Crippen LogP contribution is -2.51. The van der Waals surface area contributed by atoms with E-state index in [1.54, 1.807) is 4.90 Å². The fourth-order valence-corrected chi connectivity index (χ4v) is 4.00. The van der Waals surface area contributed by atoms with Gasteiger partial charge in [-0.15, -0.1) is 0 Å². The van der Waals surface area contributed by atoms with Gasteiger partial charge in [-0.2, -0.15) is 0 Å². The van der Waals surface area contributed by atoms with Gasteiger partial charge in [0.15, 0.2) is 6.61 Å². The maximum atomic E-state index is 13.3. The first-order valence-electron chi connectivity index (χ1n) is 11.2. The van der Waals surface area contributed by atoms with Crippen molar-refractivity contribution in [1.29, 1.82) is 0 Å². The summed E-state index contributed by atoms with van der Waals surface area (Å²) in [5, 5.41) is 2.95. The Labute approximate surface area is 200 Å². The zero-order chi connectivity index (χ0) is 23.8. The summed E-state index contributed by atoms with van der Waals surface area (Å²) in [5.41, 5.74) is 3.28. The van der Waals surface area contributed by atoms with Gasteiger partial charge in [0.05, 0.1) is 4.47 Å². The van der Waals surface area contributed by atoms with E-state index >= 15 is 0 Å². The number of aryl methyl sites for hydroxylation is 1. The minimum absolute atomic E-state index is 0.00126. The van der Waals surface area contributed by atoms with Gasteiger partial charge in [-0.25, -0.2) is 0 Å². The highest BCUT2D eigenvalue weighted by Gasteiger charge is 2.29. The molecule has 0 bridgehead atoms. The number of benzene rings is 2. The standard InChI is InChI=1S/C26H35BrN2O3/c1-7-23(26(31)28-18(4)5)29(15-21-11-9-8-10-19(21)6)25(30)16-32-24-13-12-20(17(2)3)14-22(24)27/h8-14,17-18,23H,7,15-16H2,1-6H3,(H,28,31). The van der Waals surface area contributed by atoms with Crippen LogP contribution in [0.15, 0.2) is 46.9 Å². The summed E-state index contributed by atoms with van der Waals surface area (Å²) in [6, 6.07) is 13.2. The molecule has 1 unspecified atom stereocenters. The molecule has 0 saturated heterocycles. The zero-order valence-corrected chi connectivity index (χ0v) is 21.5. The lowest BCUT2D eigenvalue weighted by atomic mass is 10.0. The first-order valence-corrected chi connectivity index (χ1v) is 12.0. The molecule has 0 aliphatic carbocycles. The van der Waals surface area contributed by atoms with Crippen molar-refractivity contribution in [2.24, 2.45) is 0 Å². The summed E-state index contributed by atoms with van der Waals surface area (Å²) in [5.74, 6) is 0.639. The topological polar surface area (TPSA) is 58.6 Å². The Morgan fingerprint density at radius 2 is 1.78 bits per heavy atom. The summed E-state index contributed by atoms with van der Waals surface area (Å²) in [7, 11) is 0. The number of rotatable bonds is 10. The van der Waals surface area contributed by atoms with Crippen LogP contribution < -0.4 is 10.1 Å². The normalized spacial score (nSPS) is 12.0. The van der Waals surface area contributed by atoms with Crippen LogP contribution in [0, 0.1) is 6.92 Å². The highest BCUT2D eigenvalue weighted by atomic mass is 79.9. The van der Waals surface area contributed by atoms with Crippen LogP contribution >= 0.6 is 15.9 Å². The van der Waals surface area contributed by atoms with Gasteiger partial charge in [-0.1, -0.05) is 51.1 Å². The molecule has 0 saturated carbocycles. The Kier molecular flexibility index (Phi) is 9.76. The molecule has 1 atom stereocenters. The lowest BCUT2D eigenvalue weighted by Gasteiger charge is -2.31. The van der Waals surface area contributed by atoms with Gasteiger partial charge in [-0.05, 0) is 77.9 Å². The van der Waals surface area contributed by atoms with Gasteiger partial charge in [0.1, 0.15) is 11.8 Å². The van der Waals surface area contributed by atoms with Crippen LogP contribution in [0.25, 0.3) is 0 Å². The number of amides is 2. The smallest absolute Gasteiger partial charge is 0.261 e. The maximum Gasteiger partial charge on any atom is 0.261 e. The molecule has 2 amide bonds. The number of nitrogens with zero attached hydrogens (tertiary/aromatic N) is 1. The van der Waals surface area contributed by atoms with Crippen LogP contribution in [0.2, 0.25) is 0 Å². The van der Waals surface area contributed by atoms with Crippen molar-refractivity contribution in [3.63, 3.8) is 0 Å². The van der Waals surface area contributed by atoms with E-state index in [0.29, 0.717) is 24.6 Å². The van der Waals surface area contributed by atoms with Crippen LogP contribution in [0.4, 0.5) is 0 Å². The number of carbonyl (C=O) groups excluding carboxylic acids is 2. The number of carbonyl (C=O) groups is 2. The molecule has 2 aromatic carbocycles. The third-order valence-corrected chi connectivity index (χ3v) is 6.01. The second-order valence-corrected chi connectivity index (χ2v) is 9.52. The molecule has 5 nitrogen and oxygen atoms in total. The Morgan fingerprint density at radius 3 is 2.34 bits per heavy atom. The average Bonchev–Trinajstić information content (AvgIpc) is 2.73. The van der Waals surface area contributed by atoms with Crippen molar-refractivity contribution < 1.29 is 14.3 Å². The summed E-state index contributed by atoms with van der Waals surface area (Å²) in [6.07, 6.45) is 0.517. The fraction of sp³-hybridized carbons (Fsp3) is 0.462. The highest BCUT2D eigenvalue weighted by molar-refractivity contribution is 9.10. The minimum atomic E-state index is -0.570. The van der Waals surface area contributed by atoms with E-state index in [0.717, 1.165) is 15.6 Å². The SMILES string of the molecule is CCC(C(=O)NC(C)C)N(Cc1ccccc1C)C(=O)COc1ccc(C(C)C)cc1Br. The van der Waals surface area contributed by atoms with E-state index in [1.807, 2.05) is 70.2 Å². The molecular formula is C26H35BrN2O3. The van der Waals surface area contributed by atoms with Gasteiger partial charge < -0.3 is 15.0 Å². The van der Waals surface area contributed by atoms with Crippen molar-refractivity contribution in [3.8, 4) is 5.75 Å². The third-order valence-electron chi connectivity index (χ3n) is 5.39. The highest BCUT2D eigenvalue weighted by Crippen LogP contribution is 2.29. The number of halogens is 1. The molecule has 0 aliphatic rings. The van der Waals surface area contributed by atoms with Crippen molar-refractivity contribution in [2.75, 3.05) is 6.61 Å². The van der Waals surface area contributed by atoms with Crippen molar-refractivity contribution in [1.82, 2.24) is 10.2 Å². The largest absolute Gasteiger partial charge is 0.483 e. The predicted octanol–water partition coefficient (Wildman–Crippen LogP) is 5.59. The Hall–Kier alpha value is -2.34. The summed E-state index contributed by atoms with van der Waals surface area (Å²) in [6.45, 7) is 12.2. The average molecular weight is 503 g/mol. The van der Waals surface area contributed by atoms with Crippen LogP contribution in [-0.2, 0) is 16.1 Å². The molecule has 0 radical (unpaired) electrons. The monoisotopic (exact) mass is 502 g/mol. The van der Waals surface area contributed by atoms with E-state index < -0.39 is 6.04 Å². The van der Waals surface area contributed by atoms with Crippen LogP contribution in [0.1, 0.15) is 63.6 Å². The fourth-order valence-electron chi connectivity index (χ4n) is 3.49. The second-order valence-electron chi connectivity index (χ2n) is 8.67. The van der Waals surface area contributed by atoms with Crippen molar-refractivity contribution >= 4 is 27.7 Å². The Morgan fingerprint density at radius 1 is 1.09 bits per heavy atom. The van der Waals surface area contributed by atoms with E-state index in [9.17, 15) is 9.59 Å².